The largest absolute Gasteiger partial charge is 0.338 e. The van der Waals surface area contributed by atoms with E-state index in [4.69, 9.17) is 10.00 Å². The van der Waals surface area contributed by atoms with Gasteiger partial charge in [-0.15, -0.1) is 0 Å². The first-order valence-corrected chi connectivity index (χ1v) is 1.96. The summed E-state index contributed by atoms with van der Waals surface area (Å²) in [5, 5.41) is 8.08. The smallest absolute Gasteiger partial charge is 0.237 e. The van der Waals surface area contributed by atoms with Crippen molar-refractivity contribution in [2.45, 2.75) is 6.23 Å². The average molecular weight is 96.1 g/mol. The van der Waals surface area contributed by atoms with Crippen molar-refractivity contribution in [3.8, 4) is 6.07 Å². The van der Waals surface area contributed by atoms with E-state index in [-0.39, 0.29) is 0 Å². The van der Waals surface area contributed by atoms with Crippen molar-refractivity contribution >= 4 is 6.21 Å². The van der Waals surface area contributed by atoms with Crippen LogP contribution < -0.4 is 0 Å². The molecule has 0 radical (unpaired) electrons. The first-order chi connectivity index (χ1) is 3.43. The molecule has 0 N–H and O–H groups in total. The van der Waals surface area contributed by atoms with Gasteiger partial charge in [-0.1, -0.05) is 0 Å². The molecule has 1 atom stereocenters. The van der Waals surface area contributed by atoms with E-state index in [9.17, 15) is 0 Å². The first kappa shape index (κ1) is 4.28. The second-order valence-corrected chi connectivity index (χ2v) is 1.15. The predicted molar refractivity (Wildman–Crippen MR) is 23.8 cm³/mol. The lowest BCUT2D eigenvalue weighted by Gasteiger charge is -1.89. The second kappa shape index (κ2) is 1.71. The van der Waals surface area contributed by atoms with Crippen LogP contribution in [0.4, 0.5) is 0 Å². The van der Waals surface area contributed by atoms with Crippen LogP contribution in [0.3, 0.4) is 0 Å². The SMILES string of the molecule is N#CC1N=CCO1. The molecule has 1 aliphatic heterocycles. The second-order valence-electron chi connectivity index (χ2n) is 1.15. The number of nitrogens with zero attached hydrogens (tertiary/aromatic N) is 2. The van der Waals surface area contributed by atoms with Gasteiger partial charge in [-0.25, -0.2) is 4.99 Å². The Kier molecular flexibility index (Phi) is 1.05. The quantitative estimate of drug-likeness (QED) is 0.424. The van der Waals surface area contributed by atoms with Crippen LogP contribution in [0.25, 0.3) is 0 Å². The number of hydrogen-bond acceptors (Lipinski definition) is 3. The van der Waals surface area contributed by atoms with Gasteiger partial charge in [-0.2, -0.15) is 5.26 Å². The third-order valence-electron chi connectivity index (χ3n) is 0.680. The number of hydrogen-bond donors (Lipinski definition) is 0. The molecule has 1 aliphatic rings. The van der Waals surface area contributed by atoms with Gasteiger partial charge in [0.05, 0.1) is 6.61 Å². The summed E-state index contributed by atoms with van der Waals surface area (Å²) in [5.41, 5.74) is 0. The van der Waals surface area contributed by atoms with Crippen LogP contribution in [0, 0.1) is 11.3 Å². The molecule has 0 saturated carbocycles. The van der Waals surface area contributed by atoms with Gasteiger partial charge < -0.3 is 4.74 Å². The summed E-state index contributed by atoms with van der Waals surface area (Å²) in [6.45, 7) is 0.484. The minimum atomic E-state index is -0.528. The summed E-state index contributed by atoms with van der Waals surface area (Å²) >= 11 is 0. The highest BCUT2D eigenvalue weighted by Gasteiger charge is 2.05. The summed E-state index contributed by atoms with van der Waals surface area (Å²) in [4.78, 5) is 3.65. The zero-order valence-corrected chi connectivity index (χ0v) is 3.66. The zero-order chi connectivity index (χ0) is 5.11. The molecule has 0 saturated heterocycles. The molecule has 7 heavy (non-hydrogen) atoms. The van der Waals surface area contributed by atoms with Gasteiger partial charge in [0.15, 0.2) is 0 Å². The maximum atomic E-state index is 8.08. The van der Waals surface area contributed by atoms with Gasteiger partial charge in [-0.05, 0) is 0 Å². The van der Waals surface area contributed by atoms with Gasteiger partial charge in [0.25, 0.3) is 0 Å². The Morgan fingerprint density at radius 2 is 2.86 bits per heavy atom. The molecule has 1 unspecified atom stereocenters. The topological polar surface area (TPSA) is 45.4 Å². The van der Waals surface area contributed by atoms with Gasteiger partial charge >= 0.3 is 0 Å². The molecule has 0 aromatic carbocycles. The van der Waals surface area contributed by atoms with Crippen LogP contribution in [0.2, 0.25) is 0 Å². The van der Waals surface area contributed by atoms with Gasteiger partial charge in [0.1, 0.15) is 6.07 Å². The maximum Gasteiger partial charge on any atom is 0.237 e. The average Bonchev–Trinajstić information content (AvgIpc) is 2.14. The minimum Gasteiger partial charge on any atom is -0.338 e. The van der Waals surface area contributed by atoms with Crippen LogP contribution >= 0.6 is 0 Å². The molecule has 0 spiro atoms. The standard InChI is InChI=1S/C4H4N2O/c5-3-4-6-1-2-7-4/h1,4H,2H2. The monoisotopic (exact) mass is 96.0 g/mol. The predicted octanol–water partition coefficient (Wildman–Crippen LogP) is -0.0629. The molecule has 3 nitrogen and oxygen atoms in total. The van der Waals surface area contributed by atoms with Gasteiger partial charge in [-0.3, -0.25) is 0 Å². The number of aliphatic imine (C=N–C) groups is 1. The summed E-state index contributed by atoms with van der Waals surface area (Å²) in [7, 11) is 0. The van der Waals surface area contributed by atoms with E-state index in [1.165, 1.54) is 0 Å². The van der Waals surface area contributed by atoms with Crippen molar-refractivity contribution in [3.05, 3.63) is 0 Å². The summed E-state index contributed by atoms with van der Waals surface area (Å²) in [6.07, 6.45) is 1.06. The number of ether oxygens (including phenoxy) is 1. The highest BCUT2D eigenvalue weighted by atomic mass is 16.5. The fourth-order valence-electron chi connectivity index (χ4n) is 0.387. The molecule has 1 rings (SSSR count). The van der Waals surface area contributed by atoms with E-state index in [2.05, 4.69) is 4.99 Å². The van der Waals surface area contributed by atoms with Crippen molar-refractivity contribution in [1.29, 1.82) is 5.26 Å². The molecule has 0 amide bonds. The van der Waals surface area contributed by atoms with E-state index in [0.717, 1.165) is 0 Å². The minimum absolute atomic E-state index is 0.484. The van der Waals surface area contributed by atoms with Crippen molar-refractivity contribution in [2.24, 2.45) is 4.99 Å². The molecular formula is C4H4N2O. The molecule has 0 fully saturated rings. The normalized spacial score (nSPS) is 27.6. The van der Waals surface area contributed by atoms with Crippen molar-refractivity contribution in [1.82, 2.24) is 0 Å². The highest BCUT2D eigenvalue weighted by Crippen LogP contribution is 1.95. The van der Waals surface area contributed by atoms with Crippen LogP contribution in [0.5, 0.6) is 0 Å². The van der Waals surface area contributed by atoms with E-state index in [1.54, 1.807) is 6.21 Å². The van der Waals surface area contributed by atoms with E-state index in [0.29, 0.717) is 6.61 Å². The lowest BCUT2D eigenvalue weighted by Crippen LogP contribution is -1.98. The van der Waals surface area contributed by atoms with Crippen molar-refractivity contribution < 1.29 is 4.74 Å². The van der Waals surface area contributed by atoms with Crippen LogP contribution in [-0.2, 0) is 4.74 Å². The highest BCUT2D eigenvalue weighted by molar-refractivity contribution is 5.60. The van der Waals surface area contributed by atoms with Crippen LogP contribution in [0.1, 0.15) is 0 Å². The molecule has 1 heterocycles. The Labute approximate surface area is 41.2 Å². The molecule has 0 aromatic rings. The van der Waals surface area contributed by atoms with Crippen molar-refractivity contribution in [2.75, 3.05) is 6.61 Å². The Morgan fingerprint density at radius 1 is 2.00 bits per heavy atom. The molecule has 0 aliphatic carbocycles. The third kappa shape index (κ3) is 0.756. The van der Waals surface area contributed by atoms with E-state index in [1.807, 2.05) is 6.07 Å². The molecular weight excluding hydrogens is 92.1 g/mol. The Balaban J connectivity index is 2.47. The van der Waals surface area contributed by atoms with Crippen molar-refractivity contribution in [3.63, 3.8) is 0 Å². The van der Waals surface area contributed by atoms with E-state index < -0.39 is 6.23 Å². The molecule has 36 valence electrons. The molecule has 0 aromatic heterocycles. The molecule has 3 heteroatoms. The fourth-order valence-corrected chi connectivity index (χ4v) is 0.387. The lowest BCUT2D eigenvalue weighted by molar-refractivity contribution is 0.152. The Bertz CT molecular complexity index is 124. The third-order valence-corrected chi connectivity index (χ3v) is 0.680. The first-order valence-electron chi connectivity index (χ1n) is 1.96. The lowest BCUT2D eigenvalue weighted by atomic mass is 10.7. The summed E-state index contributed by atoms with van der Waals surface area (Å²) in [5.74, 6) is 0. The van der Waals surface area contributed by atoms with Gasteiger partial charge in [0, 0.05) is 6.21 Å². The molecule has 0 bridgehead atoms. The van der Waals surface area contributed by atoms with Crippen LogP contribution in [-0.4, -0.2) is 19.0 Å². The number of nitriles is 1. The number of rotatable bonds is 0. The maximum absolute atomic E-state index is 8.08. The fraction of sp³-hybridized carbons (Fsp3) is 0.500. The zero-order valence-electron chi connectivity index (χ0n) is 3.66. The van der Waals surface area contributed by atoms with Crippen LogP contribution in [0.15, 0.2) is 4.99 Å². The Morgan fingerprint density at radius 3 is 3.14 bits per heavy atom. The summed E-state index contributed by atoms with van der Waals surface area (Å²) < 4.78 is 4.72. The Hall–Kier alpha value is -0.880. The van der Waals surface area contributed by atoms with E-state index >= 15 is 0 Å². The summed E-state index contributed by atoms with van der Waals surface area (Å²) in [6, 6.07) is 1.84. The van der Waals surface area contributed by atoms with Gasteiger partial charge in [0.2, 0.25) is 6.23 Å².